The highest BCUT2D eigenvalue weighted by molar-refractivity contribution is 7.98. The highest BCUT2D eigenvalue weighted by atomic mass is 32.2. The van der Waals surface area contributed by atoms with Gasteiger partial charge in [0, 0.05) is 11.1 Å². The van der Waals surface area contributed by atoms with Crippen molar-refractivity contribution in [3.8, 4) is 11.8 Å². The highest BCUT2D eigenvalue weighted by Crippen LogP contribution is 2.26. The van der Waals surface area contributed by atoms with Gasteiger partial charge >= 0.3 is 0 Å². The lowest BCUT2D eigenvalue weighted by molar-refractivity contribution is 0.0642. The van der Waals surface area contributed by atoms with Gasteiger partial charge in [0.25, 0.3) is 11.8 Å². The third kappa shape index (κ3) is 4.26. The predicted molar refractivity (Wildman–Crippen MR) is 123 cm³/mol. The second kappa shape index (κ2) is 8.41. The van der Waals surface area contributed by atoms with Gasteiger partial charge in [-0.3, -0.25) is 14.5 Å². The molecule has 4 nitrogen and oxygen atoms in total. The Hall–Kier alpha value is -3.36. The summed E-state index contributed by atoms with van der Waals surface area (Å²) in [4.78, 5) is 32.4. The van der Waals surface area contributed by atoms with E-state index in [0.29, 0.717) is 16.8 Å². The first-order chi connectivity index (χ1) is 14.9. The summed E-state index contributed by atoms with van der Waals surface area (Å²) in [5.41, 5.74) is 2.83. The maximum atomic E-state index is 12.9. The number of hydrogen-bond acceptors (Lipinski definition) is 4. The van der Waals surface area contributed by atoms with Gasteiger partial charge in [-0.25, -0.2) is 4.98 Å². The molecule has 154 valence electrons. The number of aromatic nitrogens is 1. The number of benzene rings is 2. The fourth-order valence-corrected chi connectivity index (χ4v) is 3.87. The second-order valence-corrected chi connectivity index (χ2v) is 8.78. The largest absolute Gasteiger partial charge is 0.270 e. The molecule has 1 aliphatic rings. The van der Waals surface area contributed by atoms with E-state index >= 15 is 0 Å². The third-order valence-corrected chi connectivity index (χ3v) is 6.10. The molecule has 0 atom stereocenters. The zero-order chi connectivity index (χ0) is 22.0. The number of carbonyl (C=O) groups excluding carboxylic acids is 2. The van der Waals surface area contributed by atoms with E-state index in [4.69, 9.17) is 0 Å². The SMILES string of the molecule is CSc1ccc(CN2C(=O)c3cnc(C#CC(C)(C)c4ccccc4)cc3C2=O)cc1. The number of thioether (sulfide) groups is 1. The summed E-state index contributed by atoms with van der Waals surface area (Å²) < 4.78 is 0. The molecule has 0 spiro atoms. The molecule has 0 N–H and O–H groups in total. The zero-order valence-corrected chi connectivity index (χ0v) is 18.5. The average Bonchev–Trinajstić information content (AvgIpc) is 3.03. The van der Waals surface area contributed by atoms with Crippen LogP contribution in [0.3, 0.4) is 0 Å². The zero-order valence-electron chi connectivity index (χ0n) is 17.7. The van der Waals surface area contributed by atoms with Gasteiger partial charge in [-0.2, -0.15) is 0 Å². The lowest BCUT2D eigenvalue weighted by Crippen LogP contribution is -2.29. The van der Waals surface area contributed by atoms with Crippen molar-refractivity contribution in [1.82, 2.24) is 9.88 Å². The Bertz CT molecular complexity index is 1210. The molecule has 0 unspecified atom stereocenters. The Labute approximate surface area is 186 Å². The Morgan fingerprint density at radius 1 is 0.968 bits per heavy atom. The minimum absolute atomic E-state index is 0.239. The molecule has 4 rings (SSSR count). The number of hydrogen-bond donors (Lipinski definition) is 0. The van der Waals surface area contributed by atoms with Gasteiger partial charge in [-0.1, -0.05) is 48.4 Å². The molecule has 31 heavy (non-hydrogen) atoms. The monoisotopic (exact) mass is 426 g/mol. The normalized spacial score (nSPS) is 13.1. The van der Waals surface area contributed by atoms with E-state index in [-0.39, 0.29) is 23.8 Å². The second-order valence-electron chi connectivity index (χ2n) is 7.90. The molecule has 2 amide bonds. The molecular weight excluding hydrogens is 404 g/mol. The molecule has 2 aromatic carbocycles. The molecule has 2 heterocycles. The van der Waals surface area contributed by atoms with Crippen molar-refractivity contribution in [2.75, 3.05) is 6.26 Å². The van der Waals surface area contributed by atoms with Gasteiger partial charge in [-0.05, 0) is 55.3 Å². The summed E-state index contributed by atoms with van der Waals surface area (Å²) in [6.45, 7) is 4.33. The van der Waals surface area contributed by atoms with Gasteiger partial charge in [-0.15, -0.1) is 11.8 Å². The number of rotatable bonds is 4. The minimum atomic E-state index is -0.364. The maximum absolute atomic E-state index is 12.9. The van der Waals surface area contributed by atoms with Gasteiger partial charge in [0.15, 0.2) is 0 Å². The summed E-state index contributed by atoms with van der Waals surface area (Å²) in [7, 11) is 0. The van der Waals surface area contributed by atoms with E-state index in [0.717, 1.165) is 16.0 Å². The smallest absolute Gasteiger partial charge is 0.263 e. The average molecular weight is 427 g/mol. The number of carbonyl (C=O) groups is 2. The molecule has 1 aliphatic heterocycles. The predicted octanol–water partition coefficient (Wildman–Crippen LogP) is 4.93. The van der Waals surface area contributed by atoms with Crippen molar-refractivity contribution >= 4 is 23.6 Å². The summed E-state index contributed by atoms with van der Waals surface area (Å²) in [6, 6.07) is 19.5. The lowest BCUT2D eigenvalue weighted by atomic mass is 9.85. The van der Waals surface area contributed by atoms with Gasteiger partial charge < -0.3 is 0 Å². The number of fused-ring (bicyclic) bond motifs is 1. The third-order valence-electron chi connectivity index (χ3n) is 5.35. The van der Waals surface area contributed by atoms with Crippen molar-refractivity contribution in [2.24, 2.45) is 0 Å². The van der Waals surface area contributed by atoms with Crippen LogP contribution in [0.15, 0.2) is 71.8 Å². The quantitative estimate of drug-likeness (QED) is 0.337. The molecule has 0 saturated heterocycles. The lowest BCUT2D eigenvalue weighted by Gasteiger charge is -2.17. The topological polar surface area (TPSA) is 50.3 Å². The van der Waals surface area contributed by atoms with Crippen molar-refractivity contribution in [2.45, 2.75) is 30.7 Å². The molecule has 0 aliphatic carbocycles. The van der Waals surface area contributed by atoms with E-state index in [1.807, 2.05) is 74.7 Å². The molecule has 5 heteroatoms. The number of nitrogens with zero attached hydrogens (tertiary/aromatic N) is 2. The Balaban J connectivity index is 1.57. The van der Waals surface area contributed by atoms with Crippen LogP contribution in [0.4, 0.5) is 0 Å². The van der Waals surface area contributed by atoms with Crippen molar-refractivity contribution in [1.29, 1.82) is 0 Å². The summed E-state index contributed by atoms with van der Waals surface area (Å²) in [5.74, 6) is 5.71. The van der Waals surface area contributed by atoms with Crippen molar-refractivity contribution < 1.29 is 9.59 Å². The number of imide groups is 1. The standard InChI is InChI=1S/C26H22N2O2S/c1-26(2,19-7-5-4-6-8-19)14-13-20-15-22-23(16-27-20)25(30)28(24(22)29)17-18-9-11-21(31-3)12-10-18/h4-12,15-16H,17H2,1-3H3. The molecule has 0 bridgehead atoms. The summed E-state index contributed by atoms with van der Waals surface area (Å²) >= 11 is 1.65. The fraction of sp³-hybridized carbons (Fsp3) is 0.192. The van der Waals surface area contributed by atoms with Crippen LogP contribution in [-0.2, 0) is 12.0 Å². The van der Waals surface area contributed by atoms with Crippen molar-refractivity contribution in [3.63, 3.8) is 0 Å². The van der Waals surface area contributed by atoms with Crippen molar-refractivity contribution in [3.05, 3.63) is 94.8 Å². The van der Waals surface area contributed by atoms with Gasteiger partial charge in [0.1, 0.15) is 5.69 Å². The van der Waals surface area contributed by atoms with Crippen LogP contribution in [0, 0.1) is 11.8 Å². The summed E-state index contributed by atoms with van der Waals surface area (Å²) in [6.07, 6.45) is 3.47. The van der Waals surface area contributed by atoms with Crippen LogP contribution in [0.25, 0.3) is 0 Å². The van der Waals surface area contributed by atoms with Crippen LogP contribution in [0.2, 0.25) is 0 Å². The Morgan fingerprint density at radius 2 is 1.65 bits per heavy atom. The van der Waals surface area contributed by atoms with E-state index in [2.05, 4.69) is 16.8 Å². The van der Waals surface area contributed by atoms with E-state index in [9.17, 15) is 9.59 Å². The summed E-state index contributed by atoms with van der Waals surface area (Å²) in [5, 5.41) is 0. The first-order valence-corrected chi connectivity index (χ1v) is 11.2. The Morgan fingerprint density at radius 3 is 2.32 bits per heavy atom. The molecule has 0 radical (unpaired) electrons. The molecule has 1 aromatic heterocycles. The molecule has 3 aromatic rings. The van der Waals surface area contributed by atoms with Crippen LogP contribution in [-0.4, -0.2) is 28.0 Å². The molecule has 0 saturated carbocycles. The minimum Gasteiger partial charge on any atom is -0.270 e. The number of pyridine rings is 1. The number of amides is 2. The van der Waals surface area contributed by atoms with E-state index in [1.165, 1.54) is 11.1 Å². The molecule has 0 fully saturated rings. The van der Waals surface area contributed by atoms with Crippen LogP contribution >= 0.6 is 11.8 Å². The maximum Gasteiger partial charge on any atom is 0.263 e. The van der Waals surface area contributed by atoms with Gasteiger partial charge in [0.05, 0.1) is 23.1 Å². The van der Waals surface area contributed by atoms with Crippen LogP contribution in [0.5, 0.6) is 0 Å². The molecular formula is C26H22N2O2S. The van der Waals surface area contributed by atoms with E-state index in [1.54, 1.807) is 17.8 Å². The van der Waals surface area contributed by atoms with Crippen LogP contribution < -0.4 is 0 Å². The fourth-order valence-electron chi connectivity index (χ4n) is 3.46. The Kier molecular flexibility index (Phi) is 5.67. The van der Waals surface area contributed by atoms with Crippen LogP contribution in [0.1, 0.15) is 51.4 Å². The first-order valence-electron chi connectivity index (χ1n) is 9.97. The first kappa shape index (κ1) is 20.9. The van der Waals surface area contributed by atoms with Gasteiger partial charge in [0.2, 0.25) is 0 Å². The highest BCUT2D eigenvalue weighted by Gasteiger charge is 2.36. The van der Waals surface area contributed by atoms with E-state index < -0.39 is 0 Å².